The number of hydrogen-bond donors (Lipinski definition) is 1. The van der Waals surface area contributed by atoms with Gasteiger partial charge in [-0.3, -0.25) is 0 Å². The maximum atomic E-state index is 13.6. The van der Waals surface area contributed by atoms with E-state index in [-0.39, 0.29) is 30.1 Å². The second kappa shape index (κ2) is 11.9. The van der Waals surface area contributed by atoms with E-state index in [2.05, 4.69) is 23.7 Å². The molecule has 7 nitrogen and oxygen atoms in total. The predicted octanol–water partition coefficient (Wildman–Crippen LogP) is 3.21. The van der Waals surface area contributed by atoms with Gasteiger partial charge in [-0.2, -0.15) is 4.31 Å². The van der Waals surface area contributed by atoms with Gasteiger partial charge in [0.2, 0.25) is 10.0 Å². The Morgan fingerprint density at radius 3 is 2.49 bits per heavy atom. The highest BCUT2D eigenvalue weighted by molar-refractivity contribution is 7.89. The Morgan fingerprint density at radius 1 is 1.20 bits per heavy atom. The molecule has 2 aromatic carbocycles. The number of ether oxygens (including phenoxy) is 2. The first kappa shape index (κ1) is 27.0. The SMILES string of the molecule is CCCN(C)C[C@H]1Oc2cc(C#Cc3ccc(OC)cc3)ccc2S(=O)(=O)N([C@H](C)CO)C[C@H]1C. The molecule has 0 radical (unpaired) electrons. The summed E-state index contributed by atoms with van der Waals surface area (Å²) in [5, 5.41) is 9.78. The third-order valence-corrected chi connectivity index (χ3v) is 8.22. The lowest BCUT2D eigenvalue weighted by molar-refractivity contribution is 0.0752. The monoisotopic (exact) mass is 500 g/mol. The largest absolute Gasteiger partial charge is 0.497 e. The third-order valence-electron chi connectivity index (χ3n) is 6.21. The fourth-order valence-electron chi connectivity index (χ4n) is 4.12. The number of likely N-dealkylation sites (N-methyl/N-ethyl adjacent to an activating group) is 1. The summed E-state index contributed by atoms with van der Waals surface area (Å²) in [5.41, 5.74) is 1.48. The minimum atomic E-state index is -3.87. The Hall–Kier alpha value is -2.57. The normalized spacial score (nSPS) is 20.5. The maximum Gasteiger partial charge on any atom is 0.247 e. The van der Waals surface area contributed by atoms with E-state index in [9.17, 15) is 13.5 Å². The summed E-state index contributed by atoms with van der Waals surface area (Å²) in [6, 6.07) is 11.8. The van der Waals surface area contributed by atoms with Crippen molar-refractivity contribution in [2.24, 2.45) is 5.92 Å². The lowest BCUT2D eigenvalue weighted by Crippen LogP contribution is -2.49. The van der Waals surface area contributed by atoms with Crippen molar-refractivity contribution in [1.82, 2.24) is 9.21 Å². The number of aliphatic hydroxyl groups excluding tert-OH is 1. The molecular formula is C27H36N2O5S. The number of sulfonamides is 1. The molecule has 0 aliphatic carbocycles. The van der Waals surface area contributed by atoms with Gasteiger partial charge >= 0.3 is 0 Å². The van der Waals surface area contributed by atoms with Gasteiger partial charge in [0.25, 0.3) is 0 Å². The predicted molar refractivity (Wildman–Crippen MR) is 137 cm³/mol. The van der Waals surface area contributed by atoms with E-state index in [0.29, 0.717) is 17.9 Å². The quantitative estimate of drug-likeness (QED) is 0.589. The van der Waals surface area contributed by atoms with Crippen LogP contribution in [0.2, 0.25) is 0 Å². The first-order valence-electron chi connectivity index (χ1n) is 12.0. The molecule has 1 N–H and O–H groups in total. The highest BCUT2D eigenvalue weighted by Gasteiger charge is 2.38. The summed E-state index contributed by atoms with van der Waals surface area (Å²) in [5.74, 6) is 7.19. The van der Waals surface area contributed by atoms with E-state index < -0.39 is 16.1 Å². The van der Waals surface area contributed by atoms with Gasteiger partial charge < -0.3 is 19.5 Å². The van der Waals surface area contributed by atoms with Gasteiger partial charge in [-0.15, -0.1) is 0 Å². The van der Waals surface area contributed by atoms with Crippen LogP contribution in [-0.2, 0) is 10.0 Å². The highest BCUT2D eigenvalue weighted by Crippen LogP contribution is 2.34. The van der Waals surface area contributed by atoms with Crippen LogP contribution in [0.15, 0.2) is 47.4 Å². The van der Waals surface area contributed by atoms with E-state index >= 15 is 0 Å². The number of nitrogens with zero attached hydrogens (tertiary/aromatic N) is 2. The molecule has 2 aromatic rings. The van der Waals surface area contributed by atoms with Crippen LogP contribution < -0.4 is 9.47 Å². The van der Waals surface area contributed by atoms with E-state index in [0.717, 1.165) is 24.3 Å². The molecule has 0 spiro atoms. The zero-order valence-corrected chi connectivity index (χ0v) is 22.0. The van der Waals surface area contributed by atoms with E-state index in [1.54, 1.807) is 32.2 Å². The number of hydrogen-bond acceptors (Lipinski definition) is 6. The summed E-state index contributed by atoms with van der Waals surface area (Å²) in [6.07, 6.45) is 0.792. The van der Waals surface area contributed by atoms with Crippen molar-refractivity contribution < 1.29 is 23.0 Å². The molecule has 1 heterocycles. The molecule has 0 amide bonds. The van der Waals surface area contributed by atoms with Crippen LogP contribution in [0.1, 0.15) is 38.3 Å². The van der Waals surface area contributed by atoms with Gasteiger partial charge in [-0.1, -0.05) is 25.7 Å². The first-order valence-corrected chi connectivity index (χ1v) is 13.4. The van der Waals surface area contributed by atoms with Gasteiger partial charge in [0.15, 0.2) is 0 Å². The van der Waals surface area contributed by atoms with E-state index in [1.807, 2.05) is 38.2 Å². The second-order valence-corrected chi connectivity index (χ2v) is 11.0. The van der Waals surface area contributed by atoms with Crippen LogP contribution in [0.25, 0.3) is 0 Å². The van der Waals surface area contributed by atoms with Gasteiger partial charge in [-0.25, -0.2) is 8.42 Å². The lowest BCUT2D eigenvalue weighted by Gasteiger charge is -2.37. The maximum absolute atomic E-state index is 13.6. The Morgan fingerprint density at radius 2 is 1.86 bits per heavy atom. The van der Waals surface area contributed by atoms with Crippen LogP contribution >= 0.6 is 0 Å². The Balaban J connectivity index is 2.03. The summed E-state index contributed by atoms with van der Waals surface area (Å²) >= 11 is 0. The van der Waals surface area contributed by atoms with Crippen molar-refractivity contribution in [3.8, 4) is 23.3 Å². The van der Waals surface area contributed by atoms with Gasteiger partial charge in [-0.05, 0) is 69.4 Å². The van der Waals surface area contributed by atoms with Crippen molar-refractivity contribution in [3.63, 3.8) is 0 Å². The van der Waals surface area contributed by atoms with E-state index in [1.165, 1.54) is 4.31 Å². The summed E-state index contributed by atoms with van der Waals surface area (Å²) < 4.78 is 40.1. The van der Waals surface area contributed by atoms with E-state index in [4.69, 9.17) is 9.47 Å². The van der Waals surface area contributed by atoms with Crippen molar-refractivity contribution in [2.45, 2.75) is 44.2 Å². The fraction of sp³-hybridized carbons (Fsp3) is 0.481. The molecule has 0 saturated heterocycles. The minimum Gasteiger partial charge on any atom is -0.497 e. The smallest absolute Gasteiger partial charge is 0.247 e. The topological polar surface area (TPSA) is 79.3 Å². The van der Waals surface area contributed by atoms with Crippen molar-refractivity contribution in [1.29, 1.82) is 0 Å². The molecule has 0 aromatic heterocycles. The van der Waals surface area contributed by atoms with Gasteiger partial charge in [0.1, 0.15) is 22.5 Å². The lowest BCUT2D eigenvalue weighted by atomic mass is 10.0. The molecule has 1 aliphatic rings. The molecule has 190 valence electrons. The molecule has 8 heteroatoms. The average Bonchev–Trinajstić information content (AvgIpc) is 2.84. The summed E-state index contributed by atoms with van der Waals surface area (Å²) in [4.78, 5) is 2.30. The van der Waals surface area contributed by atoms with Crippen LogP contribution in [-0.4, -0.2) is 75.3 Å². The van der Waals surface area contributed by atoms with Crippen LogP contribution in [0, 0.1) is 17.8 Å². The third kappa shape index (κ3) is 6.56. The number of benzene rings is 2. The molecule has 1 aliphatic heterocycles. The molecule has 35 heavy (non-hydrogen) atoms. The molecule has 0 saturated carbocycles. The van der Waals surface area contributed by atoms with Crippen molar-refractivity contribution in [2.75, 3.05) is 40.4 Å². The number of fused-ring (bicyclic) bond motifs is 1. The standard InChI is InChI=1S/C27H36N2O5S/c1-6-15-28(4)18-26-20(2)17-29(21(3)19-30)35(31,32)27-14-11-23(16-25(27)34-26)8-7-22-9-12-24(33-5)13-10-22/h9-14,16,20-21,26,30H,6,15,17-19H2,1-5H3/t20-,21-,26-/m1/s1. The van der Waals surface area contributed by atoms with Gasteiger partial charge in [0, 0.05) is 36.2 Å². The molecular weight excluding hydrogens is 464 g/mol. The van der Waals surface area contributed by atoms with Crippen LogP contribution in [0.4, 0.5) is 0 Å². The summed E-state index contributed by atoms with van der Waals surface area (Å²) in [6.45, 7) is 7.44. The molecule has 3 rings (SSSR count). The zero-order valence-electron chi connectivity index (χ0n) is 21.2. The van der Waals surface area contributed by atoms with Gasteiger partial charge in [0.05, 0.1) is 13.7 Å². The molecule has 3 atom stereocenters. The fourth-order valence-corrected chi connectivity index (χ4v) is 5.95. The molecule has 0 bridgehead atoms. The summed E-state index contributed by atoms with van der Waals surface area (Å²) in [7, 11) is -0.211. The Labute approximate surface area is 209 Å². The number of rotatable bonds is 7. The molecule has 0 fully saturated rings. The minimum absolute atomic E-state index is 0.0831. The average molecular weight is 501 g/mol. The second-order valence-electron chi connectivity index (χ2n) is 9.14. The zero-order chi connectivity index (χ0) is 25.6. The Kier molecular flexibility index (Phi) is 9.20. The number of methoxy groups -OCH3 is 1. The number of aliphatic hydroxyl groups is 1. The first-order chi connectivity index (χ1) is 16.7. The molecule has 0 unspecified atom stereocenters. The van der Waals surface area contributed by atoms with Crippen LogP contribution in [0.3, 0.4) is 0 Å². The highest BCUT2D eigenvalue weighted by atomic mass is 32.2. The van der Waals surface area contributed by atoms with Crippen molar-refractivity contribution >= 4 is 10.0 Å². The van der Waals surface area contributed by atoms with Crippen molar-refractivity contribution in [3.05, 3.63) is 53.6 Å². The van der Waals surface area contributed by atoms with Crippen LogP contribution in [0.5, 0.6) is 11.5 Å². The Bertz CT molecular complexity index is 1150.